The van der Waals surface area contributed by atoms with Crippen LogP contribution in [0.15, 0.2) is 45.9 Å². The van der Waals surface area contributed by atoms with E-state index in [1.165, 1.54) is 10.6 Å². The standard InChI is InChI=1S/C18H22N2O4S/c1-13-5-6-16(12-14(13)2)25(22,23)20-9-7-15(8-10-20)19-18(21)17-4-3-11-24-17/h3-6,11-12,15H,7-10H2,1-2H3,(H,19,21). The molecule has 7 heteroatoms. The molecule has 1 aromatic carbocycles. The van der Waals surface area contributed by atoms with Gasteiger partial charge in [-0.05, 0) is 62.1 Å². The van der Waals surface area contributed by atoms with Crippen molar-refractivity contribution < 1.29 is 17.6 Å². The first-order chi connectivity index (χ1) is 11.9. The minimum atomic E-state index is -3.49. The van der Waals surface area contributed by atoms with Gasteiger partial charge in [0.2, 0.25) is 10.0 Å². The van der Waals surface area contributed by atoms with Gasteiger partial charge in [0, 0.05) is 19.1 Å². The molecule has 25 heavy (non-hydrogen) atoms. The first-order valence-corrected chi connectivity index (χ1v) is 9.74. The molecule has 0 unspecified atom stereocenters. The van der Waals surface area contributed by atoms with Crippen molar-refractivity contribution in [1.29, 1.82) is 0 Å². The van der Waals surface area contributed by atoms with Gasteiger partial charge in [0.25, 0.3) is 5.91 Å². The van der Waals surface area contributed by atoms with Crippen LogP contribution in [0.3, 0.4) is 0 Å². The molecule has 0 spiro atoms. The van der Waals surface area contributed by atoms with E-state index in [0.717, 1.165) is 11.1 Å². The van der Waals surface area contributed by atoms with Gasteiger partial charge in [-0.25, -0.2) is 8.42 Å². The highest BCUT2D eigenvalue weighted by Crippen LogP contribution is 2.23. The maximum atomic E-state index is 12.8. The second-order valence-corrected chi connectivity index (χ2v) is 8.31. The number of hydrogen-bond acceptors (Lipinski definition) is 4. The smallest absolute Gasteiger partial charge is 0.287 e. The Hall–Kier alpha value is -2.12. The van der Waals surface area contributed by atoms with Crippen LogP contribution in [0.5, 0.6) is 0 Å². The highest BCUT2D eigenvalue weighted by Gasteiger charge is 2.30. The molecule has 3 rings (SSSR count). The molecule has 0 saturated carbocycles. The molecule has 0 atom stereocenters. The van der Waals surface area contributed by atoms with Gasteiger partial charge in [0.05, 0.1) is 11.2 Å². The van der Waals surface area contributed by atoms with Crippen LogP contribution < -0.4 is 5.32 Å². The van der Waals surface area contributed by atoms with Crippen LogP contribution in [0.25, 0.3) is 0 Å². The van der Waals surface area contributed by atoms with E-state index >= 15 is 0 Å². The van der Waals surface area contributed by atoms with Crippen LogP contribution >= 0.6 is 0 Å². The highest BCUT2D eigenvalue weighted by molar-refractivity contribution is 7.89. The molecular formula is C18H22N2O4S. The van der Waals surface area contributed by atoms with Gasteiger partial charge in [-0.3, -0.25) is 4.79 Å². The Bertz CT molecular complexity index is 851. The Morgan fingerprint density at radius 1 is 1.16 bits per heavy atom. The summed E-state index contributed by atoms with van der Waals surface area (Å²) in [6.07, 6.45) is 2.61. The zero-order chi connectivity index (χ0) is 18.0. The third kappa shape index (κ3) is 3.77. The van der Waals surface area contributed by atoms with Crippen LogP contribution in [-0.4, -0.2) is 37.8 Å². The van der Waals surface area contributed by atoms with Crippen molar-refractivity contribution in [2.75, 3.05) is 13.1 Å². The molecule has 0 bridgehead atoms. The van der Waals surface area contributed by atoms with Gasteiger partial charge < -0.3 is 9.73 Å². The summed E-state index contributed by atoms with van der Waals surface area (Å²) in [5, 5.41) is 2.90. The molecule has 1 fully saturated rings. The molecule has 1 amide bonds. The zero-order valence-electron chi connectivity index (χ0n) is 14.4. The number of nitrogens with one attached hydrogen (secondary N) is 1. The third-order valence-corrected chi connectivity index (χ3v) is 6.54. The Morgan fingerprint density at radius 2 is 1.88 bits per heavy atom. The average Bonchev–Trinajstić information content (AvgIpc) is 3.12. The molecular weight excluding hydrogens is 340 g/mol. The van der Waals surface area contributed by atoms with Gasteiger partial charge in [-0.1, -0.05) is 6.07 Å². The fraction of sp³-hybridized carbons (Fsp3) is 0.389. The number of furan rings is 1. The SMILES string of the molecule is Cc1ccc(S(=O)(=O)N2CCC(NC(=O)c3ccco3)CC2)cc1C. The van der Waals surface area contributed by atoms with E-state index in [-0.39, 0.29) is 17.7 Å². The first-order valence-electron chi connectivity index (χ1n) is 8.29. The minimum Gasteiger partial charge on any atom is -0.459 e. The Morgan fingerprint density at radius 3 is 2.48 bits per heavy atom. The van der Waals surface area contributed by atoms with Crippen molar-refractivity contribution in [3.63, 3.8) is 0 Å². The summed E-state index contributed by atoms with van der Waals surface area (Å²) in [6.45, 7) is 4.64. The van der Waals surface area contributed by atoms with Crippen LogP contribution in [-0.2, 0) is 10.0 Å². The molecule has 134 valence electrons. The van der Waals surface area contributed by atoms with Gasteiger partial charge >= 0.3 is 0 Å². The van der Waals surface area contributed by atoms with Gasteiger partial charge in [0.15, 0.2) is 5.76 Å². The maximum absolute atomic E-state index is 12.8. The summed E-state index contributed by atoms with van der Waals surface area (Å²) in [7, 11) is -3.49. The number of hydrogen-bond donors (Lipinski definition) is 1. The van der Waals surface area contributed by atoms with Gasteiger partial charge in [-0.15, -0.1) is 0 Å². The Labute approximate surface area is 147 Å². The van der Waals surface area contributed by atoms with E-state index in [9.17, 15) is 13.2 Å². The average molecular weight is 362 g/mol. The number of aryl methyl sites for hydroxylation is 2. The fourth-order valence-corrected chi connectivity index (χ4v) is 4.48. The van der Waals surface area contributed by atoms with Crippen LogP contribution in [0.2, 0.25) is 0 Å². The van der Waals surface area contributed by atoms with E-state index in [1.54, 1.807) is 24.3 Å². The number of sulfonamides is 1. The predicted octanol–water partition coefficient (Wildman–Crippen LogP) is 2.48. The maximum Gasteiger partial charge on any atom is 0.287 e. The van der Waals surface area contributed by atoms with Crippen molar-refractivity contribution in [3.8, 4) is 0 Å². The monoisotopic (exact) mass is 362 g/mol. The molecule has 1 aliphatic rings. The lowest BCUT2D eigenvalue weighted by Gasteiger charge is -2.31. The lowest BCUT2D eigenvalue weighted by Crippen LogP contribution is -2.46. The fourth-order valence-electron chi connectivity index (χ4n) is 2.93. The highest BCUT2D eigenvalue weighted by atomic mass is 32.2. The zero-order valence-corrected chi connectivity index (χ0v) is 15.2. The number of amides is 1. The van der Waals surface area contributed by atoms with E-state index in [1.807, 2.05) is 19.9 Å². The second-order valence-electron chi connectivity index (χ2n) is 6.38. The number of benzene rings is 1. The molecule has 1 aromatic heterocycles. The molecule has 1 aliphatic heterocycles. The lowest BCUT2D eigenvalue weighted by molar-refractivity contribution is 0.0895. The number of nitrogens with zero attached hydrogens (tertiary/aromatic N) is 1. The van der Waals surface area contributed by atoms with E-state index in [4.69, 9.17) is 4.42 Å². The van der Waals surface area contributed by atoms with E-state index < -0.39 is 10.0 Å². The van der Waals surface area contributed by atoms with Crippen molar-refractivity contribution in [1.82, 2.24) is 9.62 Å². The van der Waals surface area contributed by atoms with E-state index in [0.29, 0.717) is 30.8 Å². The number of piperidine rings is 1. The van der Waals surface area contributed by atoms with Crippen molar-refractivity contribution in [2.45, 2.75) is 37.6 Å². The first kappa shape index (κ1) is 17.7. The largest absolute Gasteiger partial charge is 0.459 e. The van der Waals surface area contributed by atoms with Crippen molar-refractivity contribution in [2.24, 2.45) is 0 Å². The summed E-state index contributed by atoms with van der Waals surface area (Å²) < 4.78 is 32.1. The van der Waals surface area contributed by atoms with Gasteiger partial charge in [0.1, 0.15) is 0 Å². The number of carbonyl (C=O) groups is 1. The topological polar surface area (TPSA) is 79.6 Å². The summed E-state index contributed by atoms with van der Waals surface area (Å²) in [4.78, 5) is 12.3. The van der Waals surface area contributed by atoms with Crippen LogP contribution in [0, 0.1) is 13.8 Å². The summed E-state index contributed by atoms with van der Waals surface area (Å²) in [6, 6.07) is 8.42. The van der Waals surface area contributed by atoms with Crippen LogP contribution in [0.1, 0.15) is 34.5 Å². The predicted molar refractivity (Wildman–Crippen MR) is 93.9 cm³/mol. The third-order valence-electron chi connectivity index (χ3n) is 4.65. The Balaban J connectivity index is 1.63. The molecule has 0 aliphatic carbocycles. The number of carbonyl (C=O) groups excluding carboxylic acids is 1. The van der Waals surface area contributed by atoms with E-state index in [2.05, 4.69) is 5.32 Å². The summed E-state index contributed by atoms with van der Waals surface area (Å²) in [5.74, 6) is 0.00523. The van der Waals surface area contributed by atoms with Crippen molar-refractivity contribution in [3.05, 3.63) is 53.5 Å². The van der Waals surface area contributed by atoms with Crippen molar-refractivity contribution >= 4 is 15.9 Å². The van der Waals surface area contributed by atoms with Gasteiger partial charge in [-0.2, -0.15) is 4.31 Å². The Kier molecular flexibility index (Phi) is 4.96. The molecule has 1 N–H and O–H groups in total. The minimum absolute atomic E-state index is 0.0520. The molecule has 2 heterocycles. The number of rotatable bonds is 4. The quantitative estimate of drug-likeness (QED) is 0.906. The lowest BCUT2D eigenvalue weighted by atomic mass is 10.1. The molecule has 2 aromatic rings. The molecule has 6 nitrogen and oxygen atoms in total. The molecule has 0 radical (unpaired) electrons. The second kappa shape index (κ2) is 7.01. The summed E-state index contributed by atoms with van der Waals surface area (Å²) in [5.41, 5.74) is 2.03. The normalized spacial score (nSPS) is 16.7. The summed E-state index contributed by atoms with van der Waals surface area (Å²) >= 11 is 0. The molecule has 1 saturated heterocycles. The van der Waals surface area contributed by atoms with Crippen LogP contribution in [0.4, 0.5) is 0 Å².